The van der Waals surface area contributed by atoms with Crippen molar-refractivity contribution in [2.24, 2.45) is 0 Å². The predicted octanol–water partition coefficient (Wildman–Crippen LogP) is 1.34. The van der Waals surface area contributed by atoms with Crippen molar-refractivity contribution in [2.45, 2.75) is 18.6 Å². The molecule has 1 aromatic rings. The van der Waals surface area contributed by atoms with E-state index in [0.717, 1.165) is 8.47 Å². The molecule has 1 aliphatic heterocycles. The monoisotopic (exact) mass is 376 g/mol. The summed E-state index contributed by atoms with van der Waals surface area (Å²) < 4.78 is 1.04. The number of rotatable bonds is 2. The van der Waals surface area contributed by atoms with Gasteiger partial charge < -0.3 is 20.4 Å². The number of aliphatic hydroxyl groups is 1. The van der Waals surface area contributed by atoms with Crippen LogP contribution in [0.3, 0.4) is 0 Å². The molecule has 1 saturated heterocycles. The molecule has 3 N–H and O–H groups in total. The van der Waals surface area contributed by atoms with E-state index in [1.165, 1.54) is 0 Å². The van der Waals surface area contributed by atoms with Crippen LogP contribution >= 0.6 is 22.6 Å². The number of hydrogen-bond acceptors (Lipinski definition) is 3. The number of nitrogens with one attached hydrogen (secondary N) is 1. The first-order valence-corrected chi connectivity index (χ1v) is 6.79. The molecular weight excluding hydrogens is 363 g/mol. The SMILES string of the molecule is O=C(O)[C@@H]1C[C@H](O)CN1C(=O)Nc1ccc(I)cc1. The van der Waals surface area contributed by atoms with Gasteiger partial charge in [0.2, 0.25) is 0 Å². The maximum atomic E-state index is 12.0. The molecule has 0 bridgehead atoms. The van der Waals surface area contributed by atoms with E-state index >= 15 is 0 Å². The van der Waals surface area contributed by atoms with Crippen LogP contribution in [-0.4, -0.2) is 45.8 Å². The van der Waals surface area contributed by atoms with Gasteiger partial charge in [-0.25, -0.2) is 9.59 Å². The number of carboxylic acid groups (broad SMARTS) is 1. The second kappa shape index (κ2) is 5.74. The molecule has 0 aromatic heterocycles. The van der Waals surface area contributed by atoms with Crippen molar-refractivity contribution in [3.63, 3.8) is 0 Å². The molecule has 0 spiro atoms. The lowest BCUT2D eigenvalue weighted by atomic mass is 10.2. The standard InChI is InChI=1S/C12H13IN2O4/c13-7-1-3-8(4-2-7)14-12(19)15-6-9(16)5-10(15)11(17)18/h1-4,9-10,16H,5-6H2,(H,14,19)(H,17,18)/t9-,10-/m0/s1. The van der Waals surface area contributed by atoms with Gasteiger partial charge in [0.05, 0.1) is 6.10 Å². The Bertz CT molecular complexity index is 491. The number of aliphatic hydroxyl groups excluding tert-OH is 1. The summed E-state index contributed by atoms with van der Waals surface area (Å²) in [5, 5.41) is 21.1. The van der Waals surface area contributed by atoms with Gasteiger partial charge in [-0.1, -0.05) is 0 Å². The number of aliphatic carboxylic acids is 1. The van der Waals surface area contributed by atoms with E-state index in [9.17, 15) is 14.7 Å². The average Bonchev–Trinajstić information content (AvgIpc) is 2.74. The van der Waals surface area contributed by atoms with Crippen molar-refractivity contribution in [1.29, 1.82) is 0 Å². The molecule has 0 aliphatic carbocycles. The molecule has 19 heavy (non-hydrogen) atoms. The summed E-state index contributed by atoms with van der Waals surface area (Å²) in [6, 6.07) is 5.67. The summed E-state index contributed by atoms with van der Waals surface area (Å²) in [6.45, 7) is 0.0349. The lowest BCUT2D eigenvalue weighted by Gasteiger charge is -2.21. The summed E-state index contributed by atoms with van der Waals surface area (Å²) in [7, 11) is 0. The molecule has 0 radical (unpaired) electrons. The van der Waals surface area contributed by atoms with Crippen LogP contribution in [0.2, 0.25) is 0 Å². The molecular formula is C12H13IN2O4. The third-order valence-corrected chi connectivity index (χ3v) is 3.64. The van der Waals surface area contributed by atoms with E-state index in [1.54, 1.807) is 12.1 Å². The third-order valence-electron chi connectivity index (χ3n) is 2.92. The summed E-state index contributed by atoms with van der Waals surface area (Å²) in [4.78, 5) is 24.2. The molecule has 1 fully saturated rings. The van der Waals surface area contributed by atoms with Crippen LogP contribution in [0.15, 0.2) is 24.3 Å². The Morgan fingerprint density at radius 1 is 1.32 bits per heavy atom. The van der Waals surface area contributed by atoms with E-state index < -0.39 is 24.1 Å². The Balaban J connectivity index is 2.06. The quantitative estimate of drug-likeness (QED) is 0.680. The Morgan fingerprint density at radius 3 is 2.53 bits per heavy atom. The lowest BCUT2D eigenvalue weighted by molar-refractivity contribution is -0.141. The van der Waals surface area contributed by atoms with Gasteiger partial charge in [0.15, 0.2) is 0 Å². The molecule has 1 aliphatic rings. The highest BCUT2D eigenvalue weighted by atomic mass is 127. The number of amides is 2. The Kier molecular flexibility index (Phi) is 4.25. The fraction of sp³-hybridized carbons (Fsp3) is 0.333. The molecule has 6 nitrogen and oxygen atoms in total. The van der Waals surface area contributed by atoms with Crippen LogP contribution in [0.4, 0.5) is 10.5 Å². The van der Waals surface area contributed by atoms with Gasteiger partial charge in [-0.15, -0.1) is 0 Å². The molecule has 2 atom stereocenters. The average molecular weight is 376 g/mol. The Morgan fingerprint density at radius 2 is 1.95 bits per heavy atom. The number of benzene rings is 1. The van der Waals surface area contributed by atoms with Crippen molar-refractivity contribution in [2.75, 3.05) is 11.9 Å². The van der Waals surface area contributed by atoms with Crippen LogP contribution in [0.25, 0.3) is 0 Å². The first-order valence-electron chi connectivity index (χ1n) is 5.71. The van der Waals surface area contributed by atoms with E-state index in [2.05, 4.69) is 27.9 Å². The number of likely N-dealkylation sites (tertiary alicyclic amines) is 1. The highest BCUT2D eigenvalue weighted by Crippen LogP contribution is 2.20. The fourth-order valence-corrected chi connectivity index (χ4v) is 2.36. The first kappa shape index (κ1) is 14.1. The molecule has 2 rings (SSSR count). The lowest BCUT2D eigenvalue weighted by Crippen LogP contribution is -2.43. The van der Waals surface area contributed by atoms with Crippen LogP contribution < -0.4 is 5.32 Å². The zero-order valence-corrected chi connectivity index (χ0v) is 12.1. The summed E-state index contributed by atoms with van der Waals surface area (Å²) in [5.41, 5.74) is 0.593. The molecule has 1 heterocycles. The van der Waals surface area contributed by atoms with Crippen molar-refractivity contribution < 1.29 is 19.8 Å². The first-order chi connectivity index (χ1) is 8.97. The molecule has 1 aromatic carbocycles. The minimum Gasteiger partial charge on any atom is -0.480 e. The predicted molar refractivity (Wildman–Crippen MR) is 76.9 cm³/mol. The minimum atomic E-state index is -1.10. The maximum Gasteiger partial charge on any atom is 0.326 e. The van der Waals surface area contributed by atoms with Gasteiger partial charge in [0, 0.05) is 22.2 Å². The normalized spacial score (nSPS) is 22.3. The Labute approximate surface area is 123 Å². The number of carbonyl (C=O) groups is 2. The molecule has 0 saturated carbocycles. The van der Waals surface area contributed by atoms with Crippen molar-refractivity contribution in [3.8, 4) is 0 Å². The number of nitrogens with zero attached hydrogens (tertiary/aromatic N) is 1. The van der Waals surface area contributed by atoms with Gasteiger partial charge in [0.25, 0.3) is 0 Å². The fourth-order valence-electron chi connectivity index (χ4n) is 2.00. The number of carboxylic acids is 1. The highest BCUT2D eigenvalue weighted by molar-refractivity contribution is 14.1. The van der Waals surface area contributed by atoms with Gasteiger partial charge in [0.1, 0.15) is 6.04 Å². The number of halogens is 1. The number of anilines is 1. The van der Waals surface area contributed by atoms with Crippen LogP contribution in [0.5, 0.6) is 0 Å². The smallest absolute Gasteiger partial charge is 0.326 e. The van der Waals surface area contributed by atoms with E-state index in [-0.39, 0.29) is 13.0 Å². The molecule has 102 valence electrons. The van der Waals surface area contributed by atoms with E-state index in [1.807, 2.05) is 12.1 Å². The molecule has 7 heteroatoms. The summed E-state index contributed by atoms with van der Waals surface area (Å²) >= 11 is 2.15. The Hall–Kier alpha value is -1.35. The summed E-state index contributed by atoms with van der Waals surface area (Å²) in [6.07, 6.45) is -0.723. The number of β-amino-alcohol motifs (C(OH)–C–C–N with tert-alkyl or cyclic N) is 1. The largest absolute Gasteiger partial charge is 0.480 e. The second-order valence-corrected chi connectivity index (χ2v) is 5.58. The van der Waals surface area contributed by atoms with Gasteiger partial charge in [-0.05, 0) is 46.9 Å². The van der Waals surface area contributed by atoms with E-state index in [0.29, 0.717) is 5.69 Å². The van der Waals surface area contributed by atoms with Crippen LogP contribution in [-0.2, 0) is 4.79 Å². The maximum absolute atomic E-state index is 12.0. The second-order valence-electron chi connectivity index (χ2n) is 4.33. The van der Waals surface area contributed by atoms with Crippen LogP contribution in [0.1, 0.15) is 6.42 Å². The number of urea groups is 1. The third kappa shape index (κ3) is 3.35. The minimum absolute atomic E-state index is 0.0349. The van der Waals surface area contributed by atoms with Gasteiger partial charge in [-0.2, -0.15) is 0 Å². The van der Waals surface area contributed by atoms with Crippen LogP contribution in [0, 0.1) is 3.57 Å². The van der Waals surface area contributed by atoms with E-state index in [4.69, 9.17) is 5.11 Å². The highest BCUT2D eigenvalue weighted by Gasteiger charge is 2.38. The molecule has 0 unspecified atom stereocenters. The van der Waals surface area contributed by atoms with Gasteiger partial charge >= 0.3 is 12.0 Å². The van der Waals surface area contributed by atoms with Crippen molar-refractivity contribution >= 4 is 40.3 Å². The van der Waals surface area contributed by atoms with Crippen molar-refractivity contribution in [1.82, 2.24) is 4.90 Å². The summed E-state index contributed by atoms with van der Waals surface area (Å²) in [5.74, 6) is -1.10. The number of carbonyl (C=O) groups excluding carboxylic acids is 1. The van der Waals surface area contributed by atoms with Gasteiger partial charge in [-0.3, -0.25) is 0 Å². The zero-order valence-electron chi connectivity index (χ0n) is 9.91. The topological polar surface area (TPSA) is 89.9 Å². The molecule has 2 amide bonds. The van der Waals surface area contributed by atoms with Crippen molar-refractivity contribution in [3.05, 3.63) is 27.8 Å². The number of hydrogen-bond donors (Lipinski definition) is 3. The zero-order chi connectivity index (χ0) is 14.0.